The van der Waals surface area contributed by atoms with E-state index in [4.69, 9.17) is 9.47 Å². The van der Waals surface area contributed by atoms with Crippen molar-refractivity contribution in [3.63, 3.8) is 0 Å². The Bertz CT molecular complexity index is 595. The Morgan fingerprint density at radius 1 is 1.18 bits per heavy atom. The predicted octanol–water partition coefficient (Wildman–Crippen LogP) is 0.482. The number of carbonyl (C=O) groups excluding carboxylic acids is 1. The normalized spacial score (nSPS) is 20.9. The van der Waals surface area contributed by atoms with Gasteiger partial charge in [0.1, 0.15) is 0 Å². The first-order valence-electron chi connectivity index (χ1n) is 5.03. The zero-order chi connectivity index (χ0) is 12.0. The summed E-state index contributed by atoms with van der Waals surface area (Å²) in [4.78, 5) is 11.6. The van der Waals surface area contributed by atoms with Crippen LogP contribution in [0.15, 0.2) is 18.2 Å². The molecule has 3 rings (SSSR count). The topological polar surface area (TPSA) is 72.9 Å². The van der Waals surface area contributed by atoms with Gasteiger partial charge in [-0.3, -0.25) is 4.79 Å². The SMILES string of the molecule is O=C1CCS(=O)(=O)N1c1ccc2c(c1)OCO2. The van der Waals surface area contributed by atoms with Crippen molar-refractivity contribution in [2.75, 3.05) is 16.9 Å². The molecule has 1 amide bonds. The number of carbonyl (C=O) groups is 1. The number of benzene rings is 1. The van der Waals surface area contributed by atoms with Crippen molar-refractivity contribution in [1.29, 1.82) is 0 Å². The molecule has 1 aromatic carbocycles. The third-order valence-electron chi connectivity index (χ3n) is 2.67. The third-order valence-corrected chi connectivity index (χ3v) is 4.36. The molecule has 17 heavy (non-hydrogen) atoms. The van der Waals surface area contributed by atoms with Crippen molar-refractivity contribution in [3.05, 3.63) is 18.2 Å². The van der Waals surface area contributed by atoms with E-state index in [-0.39, 0.29) is 19.0 Å². The first-order chi connectivity index (χ1) is 8.08. The second-order valence-electron chi connectivity index (χ2n) is 3.76. The van der Waals surface area contributed by atoms with E-state index in [1.54, 1.807) is 6.07 Å². The molecule has 0 atom stereocenters. The Morgan fingerprint density at radius 2 is 1.94 bits per heavy atom. The van der Waals surface area contributed by atoms with Gasteiger partial charge >= 0.3 is 0 Å². The number of anilines is 1. The van der Waals surface area contributed by atoms with Gasteiger partial charge in [0.15, 0.2) is 11.5 Å². The fourth-order valence-corrected chi connectivity index (χ4v) is 3.33. The molecule has 1 saturated heterocycles. The lowest BCUT2D eigenvalue weighted by molar-refractivity contribution is -0.116. The molecule has 2 heterocycles. The highest BCUT2D eigenvalue weighted by atomic mass is 32.2. The Morgan fingerprint density at radius 3 is 2.65 bits per heavy atom. The minimum atomic E-state index is -3.52. The molecule has 0 aliphatic carbocycles. The Kier molecular flexibility index (Phi) is 2.06. The van der Waals surface area contributed by atoms with Gasteiger partial charge in [0.2, 0.25) is 22.7 Å². The van der Waals surface area contributed by atoms with E-state index in [2.05, 4.69) is 0 Å². The number of ether oxygens (including phenoxy) is 2. The summed E-state index contributed by atoms with van der Waals surface area (Å²) in [5.41, 5.74) is 0.303. The fraction of sp³-hybridized carbons (Fsp3) is 0.300. The summed E-state index contributed by atoms with van der Waals surface area (Å²) in [5, 5.41) is 0. The number of fused-ring (bicyclic) bond motifs is 1. The van der Waals surface area contributed by atoms with Crippen LogP contribution in [0.2, 0.25) is 0 Å². The van der Waals surface area contributed by atoms with Gasteiger partial charge in [-0.05, 0) is 12.1 Å². The largest absolute Gasteiger partial charge is 0.454 e. The van der Waals surface area contributed by atoms with Gasteiger partial charge in [0.05, 0.1) is 11.4 Å². The first-order valence-corrected chi connectivity index (χ1v) is 6.64. The van der Waals surface area contributed by atoms with Gasteiger partial charge in [-0.2, -0.15) is 0 Å². The average Bonchev–Trinajstić information content (AvgIpc) is 2.82. The number of hydrogen-bond donors (Lipinski definition) is 0. The fourth-order valence-electron chi connectivity index (χ4n) is 1.88. The molecule has 0 unspecified atom stereocenters. The van der Waals surface area contributed by atoms with Crippen molar-refractivity contribution in [2.45, 2.75) is 6.42 Å². The molecule has 1 fully saturated rings. The van der Waals surface area contributed by atoms with Crippen LogP contribution < -0.4 is 13.8 Å². The molecule has 0 aromatic heterocycles. The molecular weight excluding hydrogens is 246 g/mol. The average molecular weight is 255 g/mol. The smallest absolute Gasteiger partial charge is 0.242 e. The minimum absolute atomic E-state index is 0.0246. The standard InChI is InChI=1S/C10H9NO5S/c12-10-3-4-17(13,14)11(10)7-1-2-8-9(5-7)16-6-15-8/h1-2,5H,3-4,6H2. The van der Waals surface area contributed by atoms with E-state index in [0.717, 1.165) is 4.31 Å². The molecule has 2 aliphatic heterocycles. The van der Waals surface area contributed by atoms with Gasteiger partial charge < -0.3 is 9.47 Å². The van der Waals surface area contributed by atoms with Crippen molar-refractivity contribution in [3.8, 4) is 11.5 Å². The van der Waals surface area contributed by atoms with Crippen molar-refractivity contribution in [1.82, 2.24) is 0 Å². The van der Waals surface area contributed by atoms with Gasteiger partial charge in [-0.15, -0.1) is 0 Å². The van der Waals surface area contributed by atoms with Crippen LogP contribution in [0, 0.1) is 0 Å². The Balaban J connectivity index is 2.07. The second kappa shape index (κ2) is 3.36. The molecule has 90 valence electrons. The van der Waals surface area contributed by atoms with Gasteiger partial charge in [0.25, 0.3) is 0 Å². The Hall–Kier alpha value is -1.76. The summed E-state index contributed by atoms with van der Waals surface area (Å²) in [5.74, 6) is 0.458. The highest BCUT2D eigenvalue weighted by Gasteiger charge is 2.36. The van der Waals surface area contributed by atoms with Crippen molar-refractivity contribution in [2.24, 2.45) is 0 Å². The number of nitrogens with zero attached hydrogens (tertiary/aromatic N) is 1. The summed E-state index contributed by atoms with van der Waals surface area (Å²) < 4.78 is 34.5. The molecule has 7 heteroatoms. The van der Waals surface area contributed by atoms with Gasteiger partial charge in [-0.1, -0.05) is 0 Å². The Labute approximate surface area is 97.8 Å². The summed E-state index contributed by atoms with van der Waals surface area (Å²) in [6, 6.07) is 4.64. The number of sulfonamides is 1. The zero-order valence-corrected chi connectivity index (χ0v) is 9.57. The lowest BCUT2D eigenvalue weighted by Gasteiger charge is -2.14. The molecule has 1 aromatic rings. The molecular formula is C10H9NO5S. The monoisotopic (exact) mass is 255 g/mol. The van der Waals surface area contributed by atoms with Crippen LogP contribution in [0.5, 0.6) is 11.5 Å². The van der Waals surface area contributed by atoms with E-state index in [9.17, 15) is 13.2 Å². The zero-order valence-electron chi connectivity index (χ0n) is 8.75. The van der Waals surface area contributed by atoms with Crippen LogP contribution in [-0.4, -0.2) is 26.9 Å². The number of hydrogen-bond acceptors (Lipinski definition) is 5. The maximum absolute atomic E-state index is 11.7. The highest BCUT2D eigenvalue weighted by Crippen LogP contribution is 2.37. The van der Waals surface area contributed by atoms with Crippen LogP contribution >= 0.6 is 0 Å². The van der Waals surface area contributed by atoms with E-state index in [1.165, 1.54) is 12.1 Å². The van der Waals surface area contributed by atoms with E-state index in [0.29, 0.717) is 17.2 Å². The maximum atomic E-state index is 11.7. The second-order valence-corrected chi connectivity index (χ2v) is 5.70. The van der Waals surface area contributed by atoms with Crippen molar-refractivity contribution >= 4 is 21.6 Å². The highest BCUT2D eigenvalue weighted by molar-refractivity contribution is 7.94. The molecule has 0 saturated carbocycles. The minimum Gasteiger partial charge on any atom is -0.454 e. The first kappa shape index (κ1) is 10.4. The molecule has 0 spiro atoms. The quantitative estimate of drug-likeness (QED) is 0.729. The molecule has 0 radical (unpaired) electrons. The summed E-state index contributed by atoms with van der Waals surface area (Å²) >= 11 is 0. The van der Waals surface area contributed by atoms with Crippen LogP contribution in [-0.2, 0) is 14.8 Å². The number of amides is 1. The van der Waals surface area contributed by atoms with Crippen LogP contribution in [0.4, 0.5) is 5.69 Å². The molecule has 2 aliphatic rings. The van der Waals surface area contributed by atoms with E-state index < -0.39 is 15.9 Å². The third kappa shape index (κ3) is 1.54. The maximum Gasteiger partial charge on any atom is 0.242 e. The van der Waals surface area contributed by atoms with Crippen molar-refractivity contribution < 1.29 is 22.7 Å². The molecule has 0 N–H and O–H groups in total. The lowest BCUT2D eigenvalue weighted by atomic mass is 10.2. The number of rotatable bonds is 1. The van der Waals surface area contributed by atoms with E-state index in [1.807, 2.05) is 0 Å². The van der Waals surface area contributed by atoms with Crippen LogP contribution in [0.25, 0.3) is 0 Å². The molecule has 6 nitrogen and oxygen atoms in total. The summed E-state index contributed by atoms with van der Waals surface area (Å²) in [6.07, 6.45) is 0.0246. The van der Waals surface area contributed by atoms with E-state index >= 15 is 0 Å². The lowest BCUT2D eigenvalue weighted by Crippen LogP contribution is -2.29. The van der Waals surface area contributed by atoms with Crippen LogP contribution in [0.1, 0.15) is 6.42 Å². The summed E-state index contributed by atoms with van der Waals surface area (Å²) in [7, 11) is -3.52. The van der Waals surface area contributed by atoms with Gasteiger partial charge in [0, 0.05) is 12.5 Å². The van der Waals surface area contributed by atoms with Gasteiger partial charge in [-0.25, -0.2) is 12.7 Å². The molecule has 0 bridgehead atoms. The van der Waals surface area contributed by atoms with Crippen LogP contribution in [0.3, 0.4) is 0 Å². The summed E-state index contributed by atoms with van der Waals surface area (Å²) in [6.45, 7) is 0.111. The predicted molar refractivity (Wildman–Crippen MR) is 58.5 cm³/mol.